The minimum absolute atomic E-state index is 0.0129. The highest BCUT2D eigenvalue weighted by Gasteiger charge is 2.36. The van der Waals surface area contributed by atoms with Gasteiger partial charge in [0.1, 0.15) is 0 Å². The molecule has 3 heterocycles. The Morgan fingerprint density at radius 1 is 0.736 bits per heavy atom. The number of aliphatic hydroxyl groups is 1. The fourth-order valence-corrected chi connectivity index (χ4v) is 7.73. The van der Waals surface area contributed by atoms with E-state index in [-0.39, 0.29) is 37.2 Å². The molecule has 53 heavy (non-hydrogen) atoms. The van der Waals surface area contributed by atoms with Gasteiger partial charge >= 0.3 is 0 Å². The van der Waals surface area contributed by atoms with Crippen molar-refractivity contribution in [1.29, 1.82) is 0 Å². The second-order valence-electron chi connectivity index (χ2n) is 13.8. The van der Waals surface area contributed by atoms with E-state index in [1.807, 2.05) is 72.8 Å². The van der Waals surface area contributed by atoms with Crippen LogP contribution in [0.2, 0.25) is 0 Å². The summed E-state index contributed by atoms with van der Waals surface area (Å²) in [6, 6.07) is 35.1. The molecule has 2 amide bonds. The lowest BCUT2D eigenvalue weighted by atomic mass is 9.96. The van der Waals surface area contributed by atoms with Gasteiger partial charge in [-0.05, 0) is 69.6 Å². The number of ether oxygens (including phenoxy) is 4. The van der Waals surface area contributed by atoms with Gasteiger partial charge in [-0.25, -0.2) is 0 Å². The lowest BCUT2D eigenvalue weighted by Gasteiger charge is -2.39. The van der Waals surface area contributed by atoms with E-state index in [1.165, 1.54) is 16.0 Å². The number of carbonyl (C=O) groups excluding carboxylic acids is 2. The van der Waals surface area contributed by atoms with Crippen LogP contribution in [-0.2, 0) is 35.6 Å². The Kier molecular flexibility index (Phi) is 9.81. The largest absolute Gasteiger partial charge is 0.493 e. The molecular weight excluding hydrogens is 668 g/mol. The van der Waals surface area contributed by atoms with Crippen LogP contribution in [0.4, 0.5) is 0 Å². The summed E-state index contributed by atoms with van der Waals surface area (Å²) in [5.41, 5.74) is 8.97. The summed E-state index contributed by atoms with van der Waals surface area (Å²) in [5.74, 6) is 0.941. The van der Waals surface area contributed by atoms with Crippen LogP contribution in [-0.4, -0.2) is 60.1 Å². The molecule has 270 valence electrons. The molecule has 1 saturated heterocycles. The zero-order valence-corrected chi connectivity index (χ0v) is 29.9. The Morgan fingerprint density at radius 3 is 2.02 bits per heavy atom. The van der Waals surface area contributed by atoms with E-state index in [2.05, 4.69) is 17.0 Å². The molecule has 3 atom stereocenters. The number of benzene rings is 5. The summed E-state index contributed by atoms with van der Waals surface area (Å²) in [6.07, 6.45) is 0.698. The molecule has 5 aromatic carbocycles. The Bertz CT molecular complexity index is 2100. The molecule has 0 aliphatic carbocycles. The van der Waals surface area contributed by atoms with E-state index in [0.29, 0.717) is 17.5 Å². The number of hydrogen-bond acceptors (Lipinski definition) is 8. The minimum Gasteiger partial charge on any atom is -0.493 e. The average Bonchev–Trinajstić information content (AvgIpc) is 3.45. The van der Waals surface area contributed by atoms with Crippen LogP contribution in [0.3, 0.4) is 0 Å². The number of carbonyl (C=O) groups is 2. The fourth-order valence-electron chi connectivity index (χ4n) is 7.73. The number of amides is 2. The van der Waals surface area contributed by atoms with Gasteiger partial charge in [-0.1, -0.05) is 84.9 Å². The van der Waals surface area contributed by atoms with Crippen LogP contribution in [0.25, 0.3) is 11.1 Å². The molecule has 0 saturated carbocycles. The first-order chi connectivity index (χ1) is 25.9. The van der Waals surface area contributed by atoms with Gasteiger partial charge < -0.3 is 24.1 Å². The van der Waals surface area contributed by atoms with Crippen molar-refractivity contribution < 1.29 is 33.6 Å². The molecule has 3 aliphatic heterocycles. The maximum absolute atomic E-state index is 13.2. The molecule has 8 rings (SSSR count). The molecule has 9 heteroatoms. The van der Waals surface area contributed by atoms with Crippen LogP contribution < -0.4 is 9.47 Å². The van der Waals surface area contributed by atoms with Crippen molar-refractivity contribution in [2.45, 2.75) is 51.0 Å². The Labute approximate surface area is 309 Å². The lowest BCUT2D eigenvalue weighted by molar-refractivity contribution is -0.253. The van der Waals surface area contributed by atoms with Gasteiger partial charge in [-0.15, -0.1) is 0 Å². The predicted octanol–water partition coefficient (Wildman–Crippen LogP) is 7.26. The molecule has 3 unspecified atom stereocenters. The standard InChI is InChI=1S/C44H42N2O7/c1-50-40-21-32-19-20-45(24-34(32)22-41(40)51-2)26-35-23-39(30-13-11-28(27-47)12-14-30)53-44(52-35)31-17-15-29(16-18-31)36-8-4-3-7-33(36)25-46-42(48)37-9-5-6-10-38(37)43(46)49/h3-18,21-22,35,39,44,47H,19-20,23-27H2,1-2H3. The van der Waals surface area contributed by atoms with Crippen molar-refractivity contribution in [1.82, 2.24) is 9.80 Å². The molecule has 0 radical (unpaired) electrons. The zero-order valence-electron chi connectivity index (χ0n) is 29.9. The number of nitrogens with zero attached hydrogens (tertiary/aromatic N) is 2. The molecule has 0 bridgehead atoms. The molecule has 3 aliphatic rings. The predicted molar refractivity (Wildman–Crippen MR) is 199 cm³/mol. The van der Waals surface area contributed by atoms with Gasteiger partial charge in [0.2, 0.25) is 0 Å². The van der Waals surface area contributed by atoms with E-state index in [9.17, 15) is 14.7 Å². The maximum Gasteiger partial charge on any atom is 0.261 e. The van der Waals surface area contributed by atoms with Crippen LogP contribution in [0, 0.1) is 0 Å². The number of fused-ring (bicyclic) bond motifs is 2. The highest BCUT2D eigenvalue weighted by atomic mass is 16.7. The van der Waals surface area contributed by atoms with E-state index < -0.39 is 6.29 Å². The van der Waals surface area contributed by atoms with Crippen LogP contribution in [0.1, 0.15) is 72.9 Å². The zero-order chi connectivity index (χ0) is 36.5. The van der Waals surface area contributed by atoms with Crippen molar-refractivity contribution in [3.05, 3.63) is 154 Å². The second kappa shape index (κ2) is 15.0. The average molecular weight is 711 g/mol. The van der Waals surface area contributed by atoms with Gasteiger partial charge in [0.15, 0.2) is 17.8 Å². The number of methoxy groups -OCH3 is 2. The Morgan fingerprint density at radius 2 is 1.36 bits per heavy atom. The summed E-state index contributed by atoms with van der Waals surface area (Å²) < 4.78 is 24.5. The third kappa shape index (κ3) is 6.96. The van der Waals surface area contributed by atoms with Crippen molar-refractivity contribution in [3.63, 3.8) is 0 Å². The summed E-state index contributed by atoms with van der Waals surface area (Å²) in [6.45, 7) is 2.59. The van der Waals surface area contributed by atoms with E-state index in [1.54, 1.807) is 38.5 Å². The first kappa shape index (κ1) is 34.7. The summed E-state index contributed by atoms with van der Waals surface area (Å²) in [5, 5.41) is 9.64. The van der Waals surface area contributed by atoms with Crippen LogP contribution in [0.15, 0.2) is 109 Å². The maximum atomic E-state index is 13.2. The quantitative estimate of drug-likeness (QED) is 0.151. The number of aliphatic hydroxyl groups excluding tert-OH is 1. The summed E-state index contributed by atoms with van der Waals surface area (Å²) in [4.78, 5) is 30.1. The third-order valence-corrected chi connectivity index (χ3v) is 10.6. The second-order valence-corrected chi connectivity index (χ2v) is 13.8. The summed E-state index contributed by atoms with van der Waals surface area (Å²) in [7, 11) is 3.33. The number of imide groups is 1. The minimum atomic E-state index is -0.597. The molecular formula is C44H42N2O7. The molecule has 0 aromatic heterocycles. The molecule has 1 N–H and O–H groups in total. The SMILES string of the molecule is COc1cc2c(cc1OC)CN(CC1CC(c3ccc(CO)cc3)OC(c3ccc(-c4ccccc4CN4C(=O)c5ccccc5C4=O)cc3)O1)CC2. The Balaban J connectivity index is 1.02. The van der Waals surface area contributed by atoms with Gasteiger partial charge in [0, 0.05) is 31.6 Å². The first-order valence-corrected chi connectivity index (χ1v) is 18.0. The normalized spacial score (nSPS) is 19.9. The van der Waals surface area contributed by atoms with E-state index >= 15 is 0 Å². The smallest absolute Gasteiger partial charge is 0.261 e. The molecule has 9 nitrogen and oxygen atoms in total. The molecule has 0 spiro atoms. The first-order valence-electron chi connectivity index (χ1n) is 18.0. The van der Waals surface area contributed by atoms with Crippen molar-refractivity contribution in [2.75, 3.05) is 27.3 Å². The lowest BCUT2D eigenvalue weighted by Crippen LogP contribution is -2.41. The highest BCUT2D eigenvalue weighted by Crippen LogP contribution is 2.40. The highest BCUT2D eigenvalue weighted by molar-refractivity contribution is 6.21. The third-order valence-electron chi connectivity index (χ3n) is 10.6. The Hall–Kier alpha value is -5.32. The fraction of sp³-hybridized carbons (Fsp3) is 0.273. The molecule has 1 fully saturated rings. The van der Waals surface area contributed by atoms with E-state index in [4.69, 9.17) is 18.9 Å². The van der Waals surface area contributed by atoms with Crippen molar-refractivity contribution in [3.8, 4) is 22.6 Å². The van der Waals surface area contributed by atoms with Crippen molar-refractivity contribution >= 4 is 11.8 Å². The van der Waals surface area contributed by atoms with Gasteiger partial charge in [0.25, 0.3) is 11.8 Å². The number of rotatable bonds is 10. The van der Waals surface area contributed by atoms with Gasteiger partial charge in [-0.2, -0.15) is 0 Å². The summed E-state index contributed by atoms with van der Waals surface area (Å²) >= 11 is 0. The van der Waals surface area contributed by atoms with Crippen LogP contribution >= 0.6 is 0 Å². The van der Waals surface area contributed by atoms with Gasteiger partial charge in [-0.3, -0.25) is 19.4 Å². The van der Waals surface area contributed by atoms with Gasteiger partial charge in [0.05, 0.1) is 50.7 Å². The van der Waals surface area contributed by atoms with Crippen molar-refractivity contribution in [2.24, 2.45) is 0 Å². The topological polar surface area (TPSA) is 97.8 Å². The monoisotopic (exact) mass is 710 g/mol. The van der Waals surface area contributed by atoms with Crippen LogP contribution in [0.5, 0.6) is 11.5 Å². The molecule has 5 aromatic rings. The number of hydrogen-bond donors (Lipinski definition) is 1. The van der Waals surface area contributed by atoms with E-state index in [0.717, 1.165) is 70.9 Å².